The minimum atomic E-state index is -1.22. The summed E-state index contributed by atoms with van der Waals surface area (Å²) in [6, 6.07) is 4.22. The summed E-state index contributed by atoms with van der Waals surface area (Å²) in [7, 11) is 0. The summed E-state index contributed by atoms with van der Waals surface area (Å²) >= 11 is 5.87. The zero-order valence-electron chi connectivity index (χ0n) is 9.88. The summed E-state index contributed by atoms with van der Waals surface area (Å²) in [5.74, 6) is -1.91. The highest BCUT2D eigenvalue weighted by Crippen LogP contribution is 2.26. The maximum atomic E-state index is 11.9. The number of halogens is 1. The lowest BCUT2D eigenvalue weighted by Gasteiger charge is -2.09. The Morgan fingerprint density at radius 2 is 2.10 bits per heavy atom. The second-order valence-corrected chi connectivity index (χ2v) is 4.13. The van der Waals surface area contributed by atoms with E-state index in [0.29, 0.717) is 0 Å². The molecule has 20 heavy (non-hydrogen) atoms. The molecule has 1 heterocycles. The van der Waals surface area contributed by atoms with Gasteiger partial charge < -0.3 is 15.4 Å². The number of amides is 1. The number of rotatable bonds is 3. The number of hydrogen-bond donors (Lipinski definition) is 3. The van der Waals surface area contributed by atoms with E-state index in [9.17, 15) is 14.4 Å². The van der Waals surface area contributed by atoms with Crippen LogP contribution in [0.3, 0.4) is 0 Å². The molecule has 0 atom stereocenters. The zero-order chi connectivity index (χ0) is 14.7. The van der Waals surface area contributed by atoms with E-state index in [0.717, 1.165) is 12.4 Å². The molecule has 0 spiro atoms. The average molecular weight is 294 g/mol. The SMILES string of the molecule is O=C(Nc1c(Cl)cccc1C(=O)O)c1c[nH]c(=O)cn1. The predicted octanol–water partition coefficient (Wildman–Crippen LogP) is 1.37. The third kappa shape index (κ3) is 2.83. The second-order valence-electron chi connectivity index (χ2n) is 3.72. The zero-order valence-corrected chi connectivity index (χ0v) is 10.6. The number of nitrogens with zero attached hydrogens (tertiary/aromatic N) is 1. The van der Waals surface area contributed by atoms with E-state index in [1.165, 1.54) is 18.2 Å². The van der Waals surface area contributed by atoms with Crippen LogP contribution < -0.4 is 10.9 Å². The highest BCUT2D eigenvalue weighted by atomic mass is 35.5. The van der Waals surface area contributed by atoms with Gasteiger partial charge in [0.1, 0.15) is 5.69 Å². The Labute approximate surface area is 117 Å². The van der Waals surface area contributed by atoms with Crippen LogP contribution in [-0.4, -0.2) is 27.0 Å². The van der Waals surface area contributed by atoms with Crippen LogP contribution in [0, 0.1) is 0 Å². The highest BCUT2D eigenvalue weighted by molar-refractivity contribution is 6.34. The van der Waals surface area contributed by atoms with Gasteiger partial charge in [-0.25, -0.2) is 9.78 Å². The van der Waals surface area contributed by atoms with Crippen LogP contribution in [0.4, 0.5) is 5.69 Å². The number of hydrogen-bond acceptors (Lipinski definition) is 4. The molecule has 1 amide bonds. The van der Waals surface area contributed by atoms with Crippen molar-refractivity contribution in [2.24, 2.45) is 0 Å². The van der Waals surface area contributed by atoms with Crippen molar-refractivity contribution >= 4 is 29.2 Å². The quantitative estimate of drug-likeness (QED) is 0.791. The molecule has 0 aliphatic heterocycles. The maximum absolute atomic E-state index is 11.9. The number of carboxylic acids is 1. The number of aromatic nitrogens is 2. The molecule has 3 N–H and O–H groups in total. The van der Waals surface area contributed by atoms with Gasteiger partial charge in [-0.05, 0) is 12.1 Å². The Morgan fingerprint density at radius 1 is 1.35 bits per heavy atom. The van der Waals surface area contributed by atoms with Crippen molar-refractivity contribution in [1.29, 1.82) is 0 Å². The lowest BCUT2D eigenvalue weighted by molar-refractivity contribution is 0.0698. The topological polar surface area (TPSA) is 112 Å². The minimum Gasteiger partial charge on any atom is -0.478 e. The molecular formula is C12H8ClN3O4. The molecule has 2 rings (SSSR count). The number of carbonyl (C=O) groups excluding carboxylic acids is 1. The van der Waals surface area contributed by atoms with Gasteiger partial charge in [0.15, 0.2) is 0 Å². The largest absolute Gasteiger partial charge is 0.478 e. The number of carboxylic acid groups (broad SMARTS) is 1. The third-order valence-electron chi connectivity index (χ3n) is 2.39. The molecule has 0 saturated carbocycles. The Kier molecular flexibility index (Phi) is 3.81. The lowest BCUT2D eigenvalue weighted by atomic mass is 10.1. The first kappa shape index (κ1) is 13.8. The number of nitrogens with one attached hydrogen (secondary N) is 2. The van der Waals surface area contributed by atoms with Gasteiger partial charge in [-0.1, -0.05) is 17.7 Å². The number of anilines is 1. The average Bonchev–Trinajstić information content (AvgIpc) is 2.41. The number of aromatic carboxylic acids is 1. The standard InChI is InChI=1S/C12H8ClN3O4/c13-7-3-1-2-6(12(19)20)10(7)16-11(18)8-4-15-9(17)5-14-8/h1-5H,(H,15,17)(H,16,18)(H,19,20). The Morgan fingerprint density at radius 3 is 2.70 bits per heavy atom. The van der Waals surface area contributed by atoms with Crippen molar-refractivity contribution in [3.63, 3.8) is 0 Å². The normalized spacial score (nSPS) is 10.1. The summed E-state index contributed by atoms with van der Waals surface area (Å²) < 4.78 is 0. The van der Waals surface area contributed by atoms with Crippen LogP contribution in [0.2, 0.25) is 5.02 Å². The molecule has 8 heteroatoms. The first-order chi connectivity index (χ1) is 9.49. The van der Waals surface area contributed by atoms with E-state index in [1.54, 1.807) is 0 Å². The van der Waals surface area contributed by atoms with Crippen LogP contribution in [-0.2, 0) is 0 Å². The third-order valence-corrected chi connectivity index (χ3v) is 2.70. The highest BCUT2D eigenvalue weighted by Gasteiger charge is 2.17. The van der Waals surface area contributed by atoms with Crippen LogP contribution in [0.5, 0.6) is 0 Å². The Hall–Kier alpha value is -2.67. The van der Waals surface area contributed by atoms with Crippen LogP contribution in [0.25, 0.3) is 0 Å². The van der Waals surface area contributed by atoms with Crippen molar-refractivity contribution in [1.82, 2.24) is 9.97 Å². The van der Waals surface area contributed by atoms with Crippen molar-refractivity contribution in [3.8, 4) is 0 Å². The molecule has 0 unspecified atom stereocenters. The molecule has 0 aliphatic rings. The molecule has 0 fully saturated rings. The summed E-state index contributed by atoms with van der Waals surface area (Å²) in [5.41, 5.74) is -0.693. The van der Waals surface area contributed by atoms with E-state index < -0.39 is 17.4 Å². The molecule has 0 saturated heterocycles. The van der Waals surface area contributed by atoms with Crippen molar-refractivity contribution < 1.29 is 14.7 Å². The molecule has 7 nitrogen and oxygen atoms in total. The number of carbonyl (C=O) groups is 2. The van der Waals surface area contributed by atoms with Crippen LogP contribution in [0.15, 0.2) is 35.4 Å². The lowest BCUT2D eigenvalue weighted by Crippen LogP contribution is -2.18. The van der Waals surface area contributed by atoms with Crippen molar-refractivity contribution in [2.45, 2.75) is 0 Å². The van der Waals surface area contributed by atoms with Crippen molar-refractivity contribution in [3.05, 3.63) is 57.2 Å². The summed E-state index contributed by atoms with van der Waals surface area (Å²) in [6.07, 6.45) is 2.06. The van der Waals surface area contributed by atoms with Gasteiger partial charge in [0, 0.05) is 6.20 Å². The number of aromatic amines is 1. The van der Waals surface area contributed by atoms with E-state index >= 15 is 0 Å². The summed E-state index contributed by atoms with van der Waals surface area (Å²) in [6.45, 7) is 0. The van der Waals surface area contributed by atoms with Gasteiger partial charge in [-0.15, -0.1) is 0 Å². The molecular weight excluding hydrogens is 286 g/mol. The first-order valence-electron chi connectivity index (χ1n) is 5.37. The summed E-state index contributed by atoms with van der Waals surface area (Å²) in [5, 5.41) is 11.5. The molecule has 0 radical (unpaired) electrons. The van der Waals surface area contributed by atoms with Gasteiger partial charge in [-0.2, -0.15) is 0 Å². The second kappa shape index (κ2) is 5.54. The maximum Gasteiger partial charge on any atom is 0.337 e. The Balaban J connectivity index is 2.35. The fourth-order valence-electron chi connectivity index (χ4n) is 1.47. The fraction of sp³-hybridized carbons (Fsp3) is 0. The predicted molar refractivity (Wildman–Crippen MR) is 71.2 cm³/mol. The van der Waals surface area contributed by atoms with Gasteiger partial charge >= 0.3 is 5.97 Å². The van der Waals surface area contributed by atoms with E-state index in [2.05, 4.69) is 15.3 Å². The van der Waals surface area contributed by atoms with E-state index in [1.807, 2.05) is 0 Å². The molecule has 1 aromatic heterocycles. The van der Waals surface area contributed by atoms with Crippen molar-refractivity contribution in [2.75, 3.05) is 5.32 Å². The molecule has 2 aromatic rings. The number of para-hydroxylation sites is 1. The molecule has 1 aromatic carbocycles. The van der Waals surface area contributed by atoms with Crippen LogP contribution in [0.1, 0.15) is 20.8 Å². The molecule has 102 valence electrons. The minimum absolute atomic E-state index is 0.0281. The van der Waals surface area contributed by atoms with Gasteiger partial charge in [0.2, 0.25) is 0 Å². The molecule has 0 bridgehead atoms. The van der Waals surface area contributed by atoms with Crippen LogP contribution >= 0.6 is 11.6 Å². The van der Waals surface area contributed by atoms with E-state index in [4.69, 9.17) is 16.7 Å². The fourth-order valence-corrected chi connectivity index (χ4v) is 1.70. The molecule has 0 aliphatic carbocycles. The monoisotopic (exact) mass is 293 g/mol. The van der Waals surface area contributed by atoms with E-state index in [-0.39, 0.29) is 22.0 Å². The Bertz CT molecular complexity index is 721. The first-order valence-corrected chi connectivity index (χ1v) is 5.74. The number of H-pyrrole nitrogens is 1. The van der Waals surface area contributed by atoms with Gasteiger partial charge in [-0.3, -0.25) is 9.59 Å². The smallest absolute Gasteiger partial charge is 0.337 e. The summed E-state index contributed by atoms with van der Waals surface area (Å²) in [4.78, 5) is 39.7. The number of benzene rings is 1. The van der Waals surface area contributed by atoms with Gasteiger partial charge in [0.05, 0.1) is 22.5 Å². The van der Waals surface area contributed by atoms with Gasteiger partial charge in [0.25, 0.3) is 11.5 Å².